The van der Waals surface area contributed by atoms with E-state index in [1.807, 2.05) is 66.7 Å². The fourth-order valence-electron chi connectivity index (χ4n) is 2.98. The summed E-state index contributed by atoms with van der Waals surface area (Å²) in [5, 5.41) is 12.3. The van der Waals surface area contributed by atoms with Gasteiger partial charge in [-0.1, -0.05) is 90.7 Å². The van der Waals surface area contributed by atoms with E-state index < -0.39 is 0 Å². The number of hydrogen-bond acceptors (Lipinski definition) is 1. The third kappa shape index (κ3) is 2.98. The van der Waals surface area contributed by atoms with Crippen LogP contribution in [-0.2, 0) is 0 Å². The molecule has 0 aromatic heterocycles. The van der Waals surface area contributed by atoms with Crippen LogP contribution < -0.4 is 0 Å². The second-order valence-electron chi connectivity index (χ2n) is 5.84. The van der Waals surface area contributed by atoms with Gasteiger partial charge in [-0.25, -0.2) is 0 Å². The van der Waals surface area contributed by atoms with Crippen LogP contribution in [0.25, 0.3) is 21.9 Å². The fraction of sp³-hybridized carbons (Fsp3) is 0. The molecule has 25 heavy (non-hydrogen) atoms. The molecule has 1 heteroatoms. The molecule has 0 amide bonds. The van der Waals surface area contributed by atoms with E-state index in [1.165, 1.54) is 0 Å². The van der Waals surface area contributed by atoms with Gasteiger partial charge in [-0.15, -0.1) is 0 Å². The average molecular weight is 320 g/mol. The molecule has 0 spiro atoms. The topological polar surface area (TPSA) is 20.2 Å². The maximum absolute atomic E-state index is 10.3. The van der Waals surface area contributed by atoms with Crippen LogP contribution in [0.1, 0.15) is 11.1 Å². The van der Waals surface area contributed by atoms with Gasteiger partial charge >= 0.3 is 0 Å². The molecular weight excluding hydrogens is 304 g/mol. The Kier molecular flexibility index (Phi) is 3.94. The van der Waals surface area contributed by atoms with Crippen LogP contribution in [0.5, 0.6) is 5.75 Å². The van der Waals surface area contributed by atoms with Gasteiger partial charge in [0.25, 0.3) is 0 Å². The highest BCUT2D eigenvalue weighted by Crippen LogP contribution is 2.27. The smallest absolute Gasteiger partial charge is 0.131 e. The number of fused-ring (bicyclic) bond motifs is 1. The van der Waals surface area contributed by atoms with Gasteiger partial charge in [0.05, 0.1) is 5.56 Å². The van der Waals surface area contributed by atoms with E-state index in [0.29, 0.717) is 5.56 Å². The Hall–Kier alpha value is -3.50. The van der Waals surface area contributed by atoms with E-state index in [1.54, 1.807) is 6.07 Å². The van der Waals surface area contributed by atoms with Gasteiger partial charge in [0, 0.05) is 10.9 Å². The second-order valence-corrected chi connectivity index (χ2v) is 5.84. The van der Waals surface area contributed by atoms with E-state index in [4.69, 9.17) is 0 Å². The summed E-state index contributed by atoms with van der Waals surface area (Å²) in [6.45, 7) is 0. The van der Waals surface area contributed by atoms with E-state index in [9.17, 15) is 5.11 Å². The van der Waals surface area contributed by atoms with Gasteiger partial charge in [0.1, 0.15) is 5.75 Å². The van der Waals surface area contributed by atoms with Crippen LogP contribution in [0.3, 0.4) is 0 Å². The van der Waals surface area contributed by atoms with E-state index >= 15 is 0 Å². The molecule has 0 radical (unpaired) electrons. The molecule has 1 N–H and O–H groups in total. The molecule has 0 aliphatic carbocycles. The molecule has 4 aromatic rings. The van der Waals surface area contributed by atoms with Crippen LogP contribution in [0.4, 0.5) is 0 Å². The Morgan fingerprint density at radius 2 is 1.32 bits per heavy atom. The largest absolute Gasteiger partial charge is 0.507 e. The molecule has 118 valence electrons. The van der Waals surface area contributed by atoms with Gasteiger partial charge in [-0.2, -0.15) is 0 Å². The Balaban J connectivity index is 1.86. The number of phenols is 1. The summed E-state index contributed by atoms with van der Waals surface area (Å²) in [5.41, 5.74) is 3.84. The van der Waals surface area contributed by atoms with Crippen molar-refractivity contribution < 1.29 is 5.11 Å². The molecule has 0 heterocycles. The molecular formula is C24H16O. The van der Waals surface area contributed by atoms with Crippen molar-refractivity contribution in [2.24, 2.45) is 0 Å². The molecule has 0 atom stereocenters. The molecule has 4 rings (SSSR count). The Labute approximate surface area is 147 Å². The monoisotopic (exact) mass is 320 g/mol. The zero-order valence-corrected chi connectivity index (χ0v) is 13.6. The van der Waals surface area contributed by atoms with E-state index in [0.717, 1.165) is 27.5 Å². The van der Waals surface area contributed by atoms with Gasteiger partial charge in [-0.05, 0) is 28.6 Å². The second kappa shape index (κ2) is 6.55. The van der Waals surface area contributed by atoms with Crippen molar-refractivity contribution in [3.05, 3.63) is 102 Å². The lowest BCUT2D eigenvalue weighted by Gasteiger charge is -2.05. The lowest BCUT2D eigenvalue weighted by atomic mass is 9.99. The molecule has 0 aliphatic heterocycles. The van der Waals surface area contributed by atoms with Crippen molar-refractivity contribution in [1.82, 2.24) is 0 Å². The van der Waals surface area contributed by atoms with Crippen molar-refractivity contribution in [3.8, 4) is 28.7 Å². The van der Waals surface area contributed by atoms with Crippen LogP contribution in [0.2, 0.25) is 0 Å². The third-order valence-electron chi connectivity index (χ3n) is 4.24. The molecule has 0 aliphatic rings. The number of phenolic OH excluding ortho intramolecular Hbond substituents is 1. The summed E-state index contributed by atoms with van der Waals surface area (Å²) in [6, 6.07) is 29.9. The van der Waals surface area contributed by atoms with Crippen LogP contribution in [0, 0.1) is 11.8 Å². The number of hydrogen-bond donors (Lipinski definition) is 1. The summed E-state index contributed by atoms with van der Waals surface area (Å²) < 4.78 is 0. The zero-order valence-electron chi connectivity index (χ0n) is 13.6. The summed E-state index contributed by atoms with van der Waals surface area (Å²) in [5.74, 6) is 6.64. The maximum Gasteiger partial charge on any atom is 0.131 e. The van der Waals surface area contributed by atoms with Crippen LogP contribution >= 0.6 is 0 Å². The molecule has 1 nitrogen and oxygen atoms in total. The fourth-order valence-corrected chi connectivity index (χ4v) is 2.98. The summed E-state index contributed by atoms with van der Waals surface area (Å²) in [6.07, 6.45) is 0. The van der Waals surface area contributed by atoms with Gasteiger partial charge in [0.15, 0.2) is 0 Å². The SMILES string of the molecule is Oc1ccc2ccccc2c1C#Cc1ccccc1-c1ccccc1. The highest BCUT2D eigenvalue weighted by Gasteiger charge is 2.05. The Morgan fingerprint density at radius 1 is 0.600 bits per heavy atom. The summed E-state index contributed by atoms with van der Waals surface area (Å²) >= 11 is 0. The van der Waals surface area contributed by atoms with Gasteiger partial charge < -0.3 is 5.11 Å². The molecule has 4 aromatic carbocycles. The van der Waals surface area contributed by atoms with Crippen molar-refractivity contribution in [1.29, 1.82) is 0 Å². The zero-order chi connectivity index (χ0) is 17.1. The first-order chi connectivity index (χ1) is 12.3. The molecule has 0 saturated carbocycles. The highest BCUT2D eigenvalue weighted by molar-refractivity contribution is 5.90. The van der Waals surface area contributed by atoms with Crippen molar-refractivity contribution in [2.75, 3.05) is 0 Å². The maximum atomic E-state index is 10.3. The molecule has 0 saturated heterocycles. The number of rotatable bonds is 1. The summed E-state index contributed by atoms with van der Waals surface area (Å²) in [4.78, 5) is 0. The number of benzene rings is 4. The van der Waals surface area contributed by atoms with Crippen LogP contribution in [0.15, 0.2) is 91.0 Å². The van der Waals surface area contributed by atoms with Gasteiger partial charge in [0.2, 0.25) is 0 Å². The highest BCUT2D eigenvalue weighted by atomic mass is 16.3. The number of aromatic hydroxyl groups is 1. The van der Waals surface area contributed by atoms with Crippen LogP contribution in [-0.4, -0.2) is 5.11 Å². The van der Waals surface area contributed by atoms with Crippen molar-refractivity contribution in [3.63, 3.8) is 0 Å². The normalized spacial score (nSPS) is 10.2. The quantitative estimate of drug-likeness (QED) is 0.452. The molecule has 0 bridgehead atoms. The lowest BCUT2D eigenvalue weighted by Crippen LogP contribution is -1.85. The van der Waals surface area contributed by atoms with Crippen molar-refractivity contribution in [2.45, 2.75) is 0 Å². The average Bonchev–Trinajstić information content (AvgIpc) is 2.68. The van der Waals surface area contributed by atoms with E-state index in [2.05, 4.69) is 30.0 Å². The predicted octanol–water partition coefficient (Wildman–Crippen LogP) is 5.61. The minimum Gasteiger partial charge on any atom is -0.507 e. The lowest BCUT2D eigenvalue weighted by molar-refractivity contribution is 0.474. The minimum atomic E-state index is 0.211. The standard InChI is InChI=1S/C24H16O/c25-24-17-15-20-11-5-7-13-22(20)23(24)16-14-19-10-4-6-12-21(19)18-8-2-1-3-9-18/h1-13,15,17,25H. The first kappa shape index (κ1) is 15.1. The third-order valence-corrected chi connectivity index (χ3v) is 4.24. The first-order valence-electron chi connectivity index (χ1n) is 8.20. The molecule has 0 fully saturated rings. The van der Waals surface area contributed by atoms with Crippen molar-refractivity contribution >= 4 is 10.8 Å². The van der Waals surface area contributed by atoms with Gasteiger partial charge in [-0.3, -0.25) is 0 Å². The Bertz CT molecular complexity index is 1100. The molecule has 0 unspecified atom stereocenters. The minimum absolute atomic E-state index is 0.211. The summed E-state index contributed by atoms with van der Waals surface area (Å²) in [7, 11) is 0. The first-order valence-corrected chi connectivity index (χ1v) is 8.20. The Morgan fingerprint density at radius 3 is 2.20 bits per heavy atom. The predicted molar refractivity (Wildman–Crippen MR) is 103 cm³/mol. The van der Waals surface area contributed by atoms with E-state index in [-0.39, 0.29) is 5.75 Å².